The minimum atomic E-state index is -4.12. The first kappa shape index (κ1) is 15.9. The quantitative estimate of drug-likeness (QED) is 0.647. The molecule has 0 spiro atoms. The van der Waals surface area contributed by atoms with Crippen molar-refractivity contribution in [3.63, 3.8) is 0 Å². The van der Waals surface area contributed by atoms with Gasteiger partial charge in [0.15, 0.2) is 11.5 Å². The summed E-state index contributed by atoms with van der Waals surface area (Å²) in [6, 6.07) is 6.80. The van der Waals surface area contributed by atoms with E-state index in [0.717, 1.165) is 18.2 Å². The molecule has 0 amide bonds. The maximum Gasteiger partial charge on any atom is 0.271 e. The van der Waals surface area contributed by atoms with Crippen LogP contribution in [-0.2, 0) is 10.0 Å². The molecule has 0 radical (unpaired) electrons. The molecule has 0 saturated heterocycles. The van der Waals surface area contributed by atoms with Gasteiger partial charge in [0.05, 0.1) is 9.82 Å². The van der Waals surface area contributed by atoms with E-state index in [1.54, 1.807) is 0 Å². The van der Waals surface area contributed by atoms with Gasteiger partial charge in [0, 0.05) is 23.9 Å². The summed E-state index contributed by atoms with van der Waals surface area (Å²) in [6.45, 7) is 0.657. The predicted octanol–water partition coefficient (Wildman–Crippen LogP) is 1.24. The van der Waals surface area contributed by atoms with Gasteiger partial charge in [-0.15, -0.1) is 0 Å². The van der Waals surface area contributed by atoms with E-state index < -0.39 is 32.1 Å². The smallest absolute Gasteiger partial charge is 0.271 e. The zero-order valence-electron chi connectivity index (χ0n) is 12.1. The van der Waals surface area contributed by atoms with Gasteiger partial charge in [-0.1, -0.05) is 11.8 Å². The summed E-state index contributed by atoms with van der Waals surface area (Å²) in [7, 11) is -4.12. The van der Waals surface area contributed by atoms with Crippen molar-refractivity contribution in [1.29, 1.82) is 0 Å². The summed E-state index contributed by atoms with van der Waals surface area (Å²) >= 11 is 0. The monoisotopic (exact) mass is 351 g/mol. The molecule has 2 aromatic rings. The van der Waals surface area contributed by atoms with E-state index in [1.807, 2.05) is 0 Å². The van der Waals surface area contributed by atoms with Crippen molar-refractivity contribution in [1.82, 2.24) is 0 Å². The Morgan fingerprint density at radius 1 is 1.04 bits per heavy atom. The standard InChI is InChI=1S/C14H12N2O7S/c17-12-3-1-9(16(18)19)7-11(12)15-24(20,21)10-2-4-13-14(8-10)23-6-5-22-13/h1-4,7-8,15,17H,5-6H2/p-1. The largest absolute Gasteiger partial charge is 0.871 e. The fourth-order valence-corrected chi connectivity index (χ4v) is 3.18. The number of anilines is 1. The SMILES string of the molecule is O=[N+]([O-])c1ccc([O-])c(NS(=O)(=O)c2ccc3c(c2)OCCO3)c1. The van der Waals surface area contributed by atoms with Crippen molar-refractivity contribution in [3.8, 4) is 17.2 Å². The van der Waals surface area contributed by atoms with E-state index in [1.165, 1.54) is 18.2 Å². The molecule has 0 unspecified atom stereocenters. The number of hydrogen-bond donors (Lipinski definition) is 1. The molecule has 10 heteroatoms. The zero-order valence-corrected chi connectivity index (χ0v) is 12.9. The Balaban J connectivity index is 1.94. The second-order valence-corrected chi connectivity index (χ2v) is 6.53. The van der Waals surface area contributed by atoms with Crippen LogP contribution in [0, 0.1) is 10.1 Å². The van der Waals surface area contributed by atoms with E-state index in [-0.39, 0.29) is 10.6 Å². The molecule has 1 aliphatic rings. The highest BCUT2D eigenvalue weighted by atomic mass is 32.2. The maximum atomic E-state index is 12.4. The first-order chi connectivity index (χ1) is 11.4. The Kier molecular flexibility index (Phi) is 3.89. The molecule has 0 aromatic heterocycles. The third-order valence-electron chi connectivity index (χ3n) is 3.24. The molecular formula is C14H11N2O7S-. The number of non-ortho nitro benzene ring substituents is 1. The van der Waals surface area contributed by atoms with Gasteiger partial charge in [-0.05, 0) is 12.1 Å². The molecule has 0 fully saturated rings. The van der Waals surface area contributed by atoms with Crippen LogP contribution in [0.25, 0.3) is 0 Å². The van der Waals surface area contributed by atoms with Crippen LogP contribution in [0.2, 0.25) is 0 Å². The molecule has 1 aliphatic heterocycles. The van der Waals surface area contributed by atoms with E-state index in [0.29, 0.717) is 19.0 Å². The highest BCUT2D eigenvalue weighted by molar-refractivity contribution is 7.92. The first-order valence-corrected chi connectivity index (χ1v) is 8.23. The molecule has 0 bridgehead atoms. The van der Waals surface area contributed by atoms with Gasteiger partial charge in [0.2, 0.25) is 0 Å². The average Bonchev–Trinajstić information content (AvgIpc) is 2.56. The van der Waals surface area contributed by atoms with Crippen molar-refractivity contribution in [2.75, 3.05) is 17.9 Å². The van der Waals surface area contributed by atoms with Crippen molar-refractivity contribution in [3.05, 3.63) is 46.5 Å². The number of nitro benzene ring substituents is 1. The normalized spacial score (nSPS) is 13.3. The van der Waals surface area contributed by atoms with Crippen molar-refractivity contribution in [2.24, 2.45) is 0 Å². The Morgan fingerprint density at radius 3 is 2.46 bits per heavy atom. The van der Waals surface area contributed by atoms with Crippen LogP contribution in [0.5, 0.6) is 17.2 Å². The summed E-state index contributed by atoms with van der Waals surface area (Å²) in [5.74, 6) is 0.00675. The summed E-state index contributed by atoms with van der Waals surface area (Å²) in [6.07, 6.45) is 0. The minimum absolute atomic E-state index is 0.155. The fraction of sp³-hybridized carbons (Fsp3) is 0.143. The van der Waals surface area contributed by atoms with E-state index in [4.69, 9.17) is 9.47 Å². The van der Waals surface area contributed by atoms with Gasteiger partial charge in [-0.3, -0.25) is 14.8 Å². The number of nitrogens with zero attached hydrogens (tertiary/aromatic N) is 1. The molecule has 0 aliphatic carbocycles. The van der Waals surface area contributed by atoms with Crippen molar-refractivity contribution >= 4 is 21.4 Å². The Labute approximate surface area is 136 Å². The number of benzene rings is 2. The Bertz CT molecular complexity index is 911. The molecule has 0 atom stereocenters. The lowest BCUT2D eigenvalue weighted by molar-refractivity contribution is -0.385. The zero-order chi connectivity index (χ0) is 17.3. The number of hydrogen-bond acceptors (Lipinski definition) is 7. The molecule has 24 heavy (non-hydrogen) atoms. The van der Waals surface area contributed by atoms with Crippen LogP contribution >= 0.6 is 0 Å². The van der Waals surface area contributed by atoms with Gasteiger partial charge in [0.25, 0.3) is 15.7 Å². The van der Waals surface area contributed by atoms with Crippen molar-refractivity contribution < 1.29 is 27.9 Å². The topological polar surface area (TPSA) is 131 Å². The molecule has 3 rings (SSSR count). The van der Waals surface area contributed by atoms with E-state index >= 15 is 0 Å². The van der Waals surface area contributed by atoms with Crippen molar-refractivity contribution in [2.45, 2.75) is 4.90 Å². The second kappa shape index (κ2) is 5.89. The van der Waals surface area contributed by atoms with Crippen LogP contribution in [-0.4, -0.2) is 26.6 Å². The van der Waals surface area contributed by atoms with Gasteiger partial charge >= 0.3 is 0 Å². The lowest BCUT2D eigenvalue weighted by Gasteiger charge is -2.19. The summed E-state index contributed by atoms with van der Waals surface area (Å²) in [4.78, 5) is 9.88. The lowest BCUT2D eigenvalue weighted by atomic mass is 10.2. The molecule has 2 aromatic carbocycles. The Hall–Kier alpha value is -3.01. The van der Waals surface area contributed by atoms with Gasteiger partial charge in [0.1, 0.15) is 13.2 Å². The van der Waals surface area contributed by atoms with Crippen LogP contribution in [0.15, 0.2) is 41.3 Å². The molecule has 1 N–H and O–H groups in total. The van der Waals surface area contributed by atoms with E-state index in [9.17, 15) is 23.6 Å². The third-order valence-corrected chi connectivity index (χ3v) is 4.61. The average molecular weight is 351 g/mol. The summed E-state index contributed by atoms with van der Waals surface area (Å²) in [5.41, 5.74) is -0.798. The molecule has 126 valence electrons. The maximum absolute atomic E-state index is 12.4. The van der Waals surface area contributed by atoms with Gasteiger partial charge < -0.3 is 14.6 Å². The number of ether oxygens (including phenoxy) is 2. The van der Waals surface area contributed by atoms with Gasteiger partial charge in [-0.2, -0.15) is 0 Å². The fourth-order valence-electron chi connectivity index (χ4n) is 2.11. The van der Waals surface area contributed by atoms with Crippen LogP contribution in [0.1, 0.15) is 0 Å². The highest BCUT2D eigenvalue weighted by Crippen LogP contribution is 2.34. The second-order valence-electron chi connectivity index (χ2n) is 4.85. The number of rotatable bonds is 4. The first-order valence-electron chi connectivity index (χ1n) is 6.75. The number of nitrogens with one attached hydrogen (secondary N) is 1. The van der Waals surface area contributed by atoms with Crippen LogP contribution < -0.4 is 19.3 Å². The molecular weight excluding hydrogens is 340 g/mol. The van der Waals surface area contributed by atoms with Crippen LogP contribution in [0.4, 0.5) is 11.4 Å². The number of nitro groups is 1. The summed E-state index contributed by atoms with van der Waals surface area (Å²) in [5, 5.41) is 22.5. The highest BCUT2D eigenvalue weighted by Gasteiger charge is 2.20. The summed E-state index contributed by atoms with van der Waals surface area (Å²) < 4.78 is 37.5. The minimum Gasteiger partial charge on any atom is -0.871 e. The van der Waals surface area contributed by atoms with Gasteiger partial charge in [-0.25, -0.2) is 8.42 Å². The van der Waals surface area contributed by atoms with Crippen LogP contribution in [0.3, 0.4) is 0 Å². The molecule has 9 nitrogen and oxygen atoms in total. The number of sulfonamides is 1. The van der Waals surface area contributed by atoms with E-state index in [2.05, 4.69) is 4.72 Å². The lowest BCUT2D eigenvalue weighted by Crippen LogP contribution is -2.18. The molecule has 0 saturated carbocycles. The third kappa shape index (κ3) is 3.04. The number of fused-ring (bicyclic) bond motifs is 1. The Morgan fingerprint density at radius 2 is 1.75 bits per heavy atom. The predicted molar refractivity (Wildman–Crippen MR) is 80.8 cm³/mol. The molecule has 1 heterocycles.